The standard InChI is InChI=1S/C20H22N4O2S/c1-3-23(2)20(26)18-9-8-17(27-18)16-5-4-10-24(16)19(25)13-6-7-14-15(11-13)22-12-21-14/h6-9,11-12,16H,3-5,10H2,1-2H3,(H,21,22)/t16-/m0/s1. The number of nitrogens with zero attached hydrogens (tertiary/aromatic N) is 3. The number of carbonyl (C=O) groups is 2. The molecule has 27 heavy (non-hydrogen) atoms. The van der Waals surface area contributed by atoms with Gasteiger partial charge in [-0.1, -0.05) is 0 Å². The van der Waals surface area contributed by atoms with Crippen LogP contribution in [0.5, 0.6) is 0 Å². The number of hydrogen-bond acceptors (Lipinski definition) is 4. The molecule has 3 aromatic rings. The molecular weight excluding hydrogens is 360 g/mol. The molecule has 0 unspecified atom stereocenters. The molecule has 1 aromatic carbocycles. The topological polar surface area (TPSA) is 69.3 Å². The molecule has 0 spiro atoms. The number of fused-ring (bicyclic) bond motifs is 1. The van der Waals surface area contributed by atoms with Gasteiger partial charge in [-0.25, -0.2) is 4.98 Å². The molecule has 2 aromatic heterocycles. The van der Waals surface area contributed by atoms with Gasteiger partial charge in [0, 0.05) is 30.6 Å². The van der Waals surface area contributed by atoms with Crippen LogP contribution < -0.4 is 0 Å². The summed E-state index contributed by atoms with van der Waals surface area (Å²) in [7, 11) is 1.80. The number of hydrogen-bond donors (Lipinski definition) is 1. The van der Waals surface area contributed by atoms with E-state index in [9.17, 15) is 9.59 Å². The van der Waals surface area contributed by atoms with E-state index in [-0.39, 0.29) is 17.9 Å². The zero-order valence-electron chi connectivity index (χ0n) is 15.4. The quantitative estimate of drug-likeness (QED) is 0.748. The third kappa shape index (κ3) is 3.23. The Morgan fingerprint density at radius 3 is 3.00 bits per heavy atom. The Morgan fingerprint density at radius 2 is 2.19 bits per heavy atom. The summed E-state index contributed by atoms with van der Waals surface area (Å²) in [5.41, 5.74) is 2.38. The first kappa shape index (κ1) is 17.7. The van der Waals surface area contributed by atoms with Gasteiger partial charge in [0.05, 0.1) is 28.3 Å². The van der Waals surface area contributed by atoms with E-state index in [2.05, 4.69) is 9.97 Å². The summed E-state index contributed by atoms with van der Waals surface area (Å²) in [5, 5.41) is 0. The normalized spacial score (nSPS) is 16.8. The van der Waals surface area contributed by atoms with Gasteiger partial charge in [-0.3, -0.25) is 9.59 Å². The van der Waals surface area contributed by atoms with Crippen LogP contribution in [0, 0.1) is 0 Å². The summed E-state index contributed by atoms with van der Waals surface area (Å²) in [6.45, 7) is 3.37. The summed E-state index contributed by atoms with van der Waals surface area (Å²) in [4.78, 5) is 38.2. The minimum absolute atomic E-state index is 0.0287. The number of aromatic nitrogens is 2. The second-order valence-electron chi connectivity index (χ2n) is 6.81. The van der Waals surface area contributed by atoms with Gasteiger partial charge in [-0.05, 0) is 50.1 Å². The minimum atomic E-state index is 0.0287. The van der Waals surface area contributed by atoms with Crippen LogP contribution in [0.4, 0.5) is 0 Å². The van der Waals surface area contributed by atoms with Crippen molar-refractivity contribution in [3.05, 3.63) is 52.0 Å². The molecule has 0 bridgehead atoms. The number of aromatic amines is 1. The molecule has 0 saturated carbocycles. The van der Waals surface area contributed by atoms with Crippen LogP contribution in [0.3, 0.4) is 0 Å². The lowest BCUT2D eigenvalue weighted by Crippen LogP contribution is -2.30. The number of H-pyrrole nitrogens is 1. The Labute approximate surface area is 161 Å². The predicted octanol–water partition coefficient (Wildman–Crippen LogP) is 3.69. The number of benzene rings is 1. The van der Waals surface area contributed by atoms with Crippen molar-refractivity contribution in [2.45, 2.75) is 25.8 Å². The van der Waals surface area contributed by atoms with Gasteiger partial charge in [-0.2, -0.15) is 0 Å². The van der Waals surface area contributed by atoms with E-state index in [0.717, 1.165) is 40.2 Å². The number of amides is 2. The van der Waals surface area contributed by atoms with Gasteiger partial charge >= 0.3 is 0 Å². The van der Waals surface area contributed by atoms with Crippen LogP contribution in [0.15, 0.2) is 36.7 Å². The molecule has 1 aliphatic rings. The van der Waals surface area contributed by atoms with Crippen LogP contribution in [-0.4, -0.2) is 51.7 Å². The number of likely N-dealkylation sites (tertiary alicyclic amines) is 1. The third-order valence-corrected chi connectivity index (χ3v) is 6.34. The monoisotopic (exact) mass is 382 g/mol. The Hall–Kier alpha value is -2.67. The van der Waals surface area contributed by atoms with Crippen molar-refractivity contribution in [3.63, 3.8) is 0 Å². The molecule has 1 atom stereocenters. The second kappa shape index (κ2) is 7.15. The summed E-state index contributed by atoms with van der Waals surface area (Å²) in [6, 6.07) is 9.47. The van der Waals surface area contributed by atoms with E-state index in [1.165, 1.54) is 11.3 Å². The maximum Gasteiger partial charge on any atom is 0.263 e. The van der Waals surface area contributed by atoms with Crippen LogP contribution in [-0.2, 0) is 0 Å². The fourth-order valence-electron chi connectivity index (χ4n) is 3.52. The SMILES string of the molecule is CCN(C)C(=O)c1ccc([C@@H]2CCCN2C(=O)c2ccc3nc[nH]c3c2)s1. The van der Waals surface area contributed by atoms with Crippen molar-refractivity contribution in [2.75, 3.05) is 20.1 Å². The Morgan fingerprint density at radius 1 is 1.33 bits per heavy atom. The molecule has 3 heterocycles. The van der Waals surface area contributed by atoms with E-state index in [0.29, 0.717) is 12.1 Å². The number of nitrogens with one attached hydrogen (secondary N) is 1. The summed E-state index contributed by atoms with van der Waals surface area (Å²) >= 11 is 1.50. The smallest absolute Gasteiger partial charge is 0.263 e. The second-order valence-corrected chi connectivity index (χ2v) is 7.93. The van der Waals surface area contributed by atoms with Crippen molar-refractivity contribution in [2.24, 2.45) is 0 Å². The summed E-state index contributed by atoms with van der Waals surface area (Å²) < 4.78 is 0. The average Bonchev–Trinajstić information content (AvgIpc) is 3.44. The zero-order chi connectivity index (χ0) is 19.0. The number of thiophene rings is 1. The molecule has 2 amide bonds. The Kier molecular flexibility index (Phi) is 4.70. The molecule has 140 valence electrons. The van der Waals surface area contributed by atoms with Crippen molar-refractivity contribution in [3.8, 4) is 0 Å². The Balaban J connectivity index is 1.57. The zero-order valence-corrected chi connectivity index (χ0v) is 16.3. The van der Waals surface area contributed by atoms with E-state index < -0.39 is 0 Å². The molecule has 1 N–H and O–H groups in total. The maximum atomic E-state index is 13.1. The summed E-state index contributed by atoms with van der Waals surface area (Å²) in [5.74, 6) is 0.0651. The van der Waals surface area contributed by atoms with Crippen molar-refractivity contribution in [1.82, 2.24) is 19.8 Å². The van der Waals surface area contributed by atoms with E-state index in [1.54, 1.807) is 18.3 Å². The third-order valence-electron chi connectivity index (χ3n) is 5.17. The molecule has 0 radical (unpaired) electrons. The van der Waals surface area contributed by atoms with Gasteiger partial charge in [0.1, 0.15) is 0 Å². The van der Waals surface area contributed by atoms with Crippen LogP contribution >= 0.6 is 11.3 Å². The first-order chi connectivity index (χ1) is 13.1. The first-order valence-electron chi connectivity index (χ1n) is 9.17. The van der Waals surface area contributed by atoms with E-state index in [1.807, 2.05) is 42.2 Å². The highest BCUT2D eigenvalue weighted by Crippen LogP contribution is 2.37. The van der Waals surface area contributed by atoms with Crippen molar-refractivity contribution in [1.29, 1.82) is 0 Å². The highest BCUT2D eigenvalue weighted by molar-refractivity contribution is 7.14. The number of rotatable bonds is 4. The largest absolute Gasteiger partial charge is 0.345 e. The van der Waals surface area contributed by atoms with Gasteiger partial charge in [0.15, 0.2) is 0 Å². The number of imidazole rings is 1. The van der Waals surface area contributed by atoms with Gasteiger partial charge < -0.3 is 14.8 Å². The predicted molar refractivity (Wildman–Crippen MR) is 106 cm³/mol. The molecule has 1 aliphatic heterocycles. The van der Waals surface area contributed by atoms with E-state index in [4.69, 9.17) is 0 Å². The van der Waals surface area contributed by atoms with Crippen molar-refractivity contribution < 1.29 is 9.59 Å². The van der Waals surface area contributed by atoms with E-state index >= 15 is 0 Å². The molecular formula is C20H22N4O2S. The lowest BCUT2D eigenvalue weighted by molar-refractivity contribution is 0.0737. The fourth-order valence-corrected chi connectivity index (χ4v) is 4.67. The Bertz CT molecular complexity index is 993. The lowest BCUT2D eigenvalue weighted by atomic mass is 10.1. The number of carbonyl (C=O) groups excluding carboxylic acids is 2. The summed E-state index contributed by atoms with van der Waals surface area (Å²) in [6.07, 6.45) is 3.53. The van der Waals surface area contributed by atoms with Crippen LogP contribution in [0.25, 0.3) is 11.0 Å². The molecule has 0 aliphatic carbocycles. The van der Waals surface area contributed by atoms with Gasteiger partial charge in [0.2, 0.25) is 0 Å². The highest BCUT2D eigenvalue weighted by Gasteiger charge is 2.32. The molecule has 7 heteroatoms. The van der Waals surface area contributed by atoms with Crippen LogP contribution in [0.2, 0.25) is 0 Å². The minimum Gasteiger partial charge on any atom is -0.345 e. The van der Waals surface area contributed by atoms with Gasteiger partial charge in [0.25, 0.3) is 11.8 Å². The molecule has 1 saturated heterocycles. The maximum absolute atomic E-state index is 13.1. The lowest BCUT2D eigenvalue weighted by Gasteiger charge is -2.24. The average molecular weight is 382 g/mol. The highest BCUT2D eigenvalue weighted by atomic mass is 32.1. The molecule has 1 fully saturated rings. The fraction of sp³-hybridized carbons (Fsp3) is 0.350. The first-order valence-corrected chi connectivity index (χ1v) is 9.99. The molecule has 4 rings (SSSR count). The molecule has 6 nitrogen and oxygen atoms in total. The van der Waals surface area contributed by atoms with Crippen molar-refractivity contribution >= 4 is 34.2 Å². The van der Waals surface area contributed by atoms with Gasteiger partial charge in [-0.15, -0.1) is 11.3 Å². The van der Waals surface area contributed by atoms with Crippen LogP contribution in [0.1, 0.15) is 50.7 Å².